The molecular weight excluding hydrogens is 230 g/mol. The van der Waals surface area contributed by atoms with Gasteiger partial charge < -0.3 is 15.0 Å². The van der Waals surface area contributed by atoms with Crippen molar-refractivity contribution in [3.63, 3.8) is 0 Å². The predicted octanol–water partition coefficient (Wildman–Crippen LogP) is -0.328. The highest BCUT2D eigenvalue weighted by atomic mass is 16.5. The van der Waals surface area contributed by atoms with Crippen LogP contribution in [0.5, 0.6) is 0 Å². The van der Waals surface area contributed by atoms with Crippen LogP contribution in [0, 0.1) is 0 Å². The number of nitrogens with one attached hydrogen (secondary N) is 1. The molecule has 1 aliphatic carbocycles. The van der Waals surface area contributed by atoms with Gasteiger partial charge in [-0.05, 0) is 19.3 Å². The molecule has 0 aromatic carbocycles. The first kappa shape index (κ1) is 12.4. The van der Waals surface area contributed by atoms with Gasteiger partial charge in [0.15, 0.2) is 0 Å². The summed E-state index contributed by atoms with van der Waals surface area (Å²) in [6.07, 6.45) is 3.99. The van der Waals surface area contributed by atoms with E-state index >= 15 is 0 Å². The third kappa shape index (κ3) is 2.53. The summed E-state index contributed by atoms with van der Waals surface area (Å²) < 4.78 is 5.78. The lowest BCUT2D eigenvalue weighted by atomic mass is 10.1. The fourth-order valence-corrected chi connectivity index (χ4v) is 3.39. The summed E-state index contributed by atoms with van der Waals surface area (Å²) in [7, 11) is 0. The van der Waals surface area contributed by atoms with Crippen molar-refractivity contribution in [1.82, 2.24) is 15.1 Å². The Kier molecular flexibility index (Phi) is 3.82. The van der Waals surface area contributed by atoms with E-state index in [1.165, 1.54) is 19.3 Å². The van der Waals surface area contributed by atoms with Crippen molar-refractivity contribution < 1.29 is 9.53 Å². The number of nitrogens with zero attached hydrogens (tertiary/aromatic N) is 2. The van der Waals surface area contributed by atoms with E-state index in [0.717, 1.165) is 39.3 Å². The van der Waals surface area contributed by atoms with E-state index in [-0.39, 0.29) is 0 Å². The summed E-state index contributed by atoms with van der Waals surface area (Å²) in [5.74, 6) is 0.295. The molecule has 0 bridgehead atoms. The van der Waals surface area contributed by atoms with E-state index in [4.69, 9.17) is 4.74 Å². The lowest BCUT2D eigenvalue weighted by molar-refractivity contribution is -0.136. The zero-order valence-corrected chi connectivity index (χ0v) is 10.9. The highest BCUT2D eigenvalue weighted by Gasteiger charge is 2.37. The van der Waals surface area contributed by atoms with Gasteiger partial charge in [0.2, 0.25) is 5.91 Å². The zero-order chi connectivity index (χ0) is 12.4. The first-order chi connectivity index (χ1) is 8.84. The van der Waals surface area contributed by atoms with Crippen molar-refractivity contribution in [2.45, 2.75) is 31.4 Å². The Morgan fingerprint density at radius 3 is 2.89 bits per heavy atom. The van der Waals surface area contributed by atoms with Crippen LogP contribution in [0.25, 0.3) is 0 Å². The summed E-state index contributed by atoms with van der Waals surface area (Å²) in [5, 5.41) is 3.28. The molecule has 1 saturated carbocycles. The maximum atomic E-state index is 12.3. The summed E-state index contributed by atoms with van der Waals surface area (Å²) in [6, 6.07) is 0.491. The zero-order valence-electron chi connectivity index (χ0n) is 10.9. The van der Waals surface area contributed by atoms with Crippen LogP contribution in [0.2, 0.25) is 0 Å². The molecule has 2 heterocycles. The number of hydrogen-bond acceptors (Lipinski definition) is 4. The van der Waals surface area contributed by atoms with E-state index in [1.807, 2.05) is 4.90 Å². The van der Waals surface area contributed by atoms with Crippen LogP contribution in [-0.2, 0) is 9.53 Å². The first-order valence-electron chi connectivity index (χ1n) is 7.19. The summed E-state index contributed by atoms with van der Waals surface area (Å²) >= 11 is 0. The van der Waals surface area contributed by atoms with Crippen LogP contribution < -0.4 is 5.32 Å². The number of piperazine rings is 1. The van der Waals surface area contributed by atoms with Crippen LogP contribution >= 0.6 is 0 Å². The molecule has 2 aliphatic heterocycles. The average molecular weight is 253 g/mol. The fraction of sp³-hybridized carbons (Fsp3) is 0.923. The largest absolute Gasteiger partial charge is 0.375 e. The third-order valence-electron chi connectivity index (χ3n) is 4.41. The van der Waals surface area contributed by atoms with Gasteiger partial charge in [-0.25, -0.2) is 0 Å². The van der Waals surface area contributed by atoms with Crippen molar-refractivity contribution in [3.05, 3.63) is 0 Å². The standard InChI is InChI=1S/C13H23N3O2/c17-13(15-6-4-14-5-7-15)10-16-8-9-18-12-3-1-2-11(12)16/h11-12,14H,1-10H2. The number of carbonyl (C=O) groups excluding carboxylic acids is 1. The lowest BCUT2D eigenvalue weighted by Gasteiger charge is -2.38. The molecule has 1 amide bonds. The molecule has 3 fully saturated rings. The second-order valence-electron chi connectivity index (χ2n) is 5.51. The molecule has 3 rings (SSSR count). The minimum Gasteiger partial charge on any atom is -0.375 e. The van der Waals surface area contributed by atoms with Crippen molar-refractivity contribution >= 4 is 5.91 Å². The number of hydrogen-bond donors (Lipinski definition) is 1. The SMILES string of the molecule is O=C(CN1CCOC2CCCC21)N1CCNCC1. The van der Waals surface area contributed by atoms with Crippen molar-refractivity contribution in [2.75, 3.05) is 45.9 Å². The fourth-order valence-electron chi connectivity index (χ4n) is 3.39. The molecule has 0 aromatic rings. The van der Waals surface area contributed by atoms with Crippen LogP contribution in [0.15, 0.2) is 0 Å². The molecule has 5 nitrogen and oxygen atoms in total. The minimum atomic E-state index is 0.295. The number of rotatable bonds is 2. The van der Waals surface area contributed by atoms with Gasteiger partial charge >= 0.3 is 0 Å². The minimum absolute atomic E-state index is 0.295. The number of ether oxygens (including phenoxy) is 1. The van der Waals surface area contributed by atoms with Crippen molar-refractivity contribution in [3.8, 4) is 0 Å². The molecule has 0 aromatic heterocycles. The van der Waals surface area contributed by atoms with Crippen LogP contribution in [0.1, 0.15) is 19.3 Å². The van der Waals surface area contributed by atoms with E-state index < -0.39 is 0 Å². The molecule has 2 unspecified atom stereocenters. The van der Waals surface area contributed by atoms with Gasteiger partial charge in [0.05, 0.1) is 19.3 Å². The smallest absolute Gasteiger partial charge is 0.236 e. The molecule has 0 spiro atoms. The van der Waals surface area contributed by atoms with Gasteiger partial charge in [-0.3, -0.25) is 9.69 Å². The maximum absolute atomic E-state index is 12.3. The monoisotopic (exact) mass is 253 g/mol. The molecule has 2 atom stereocenters. The molecule has 18 heavy (non-hydrogen) atoms. The van der Waals surface area contributed by atoms with Gasteiger partial charge in [-0.1, -0.05) is 0 Å². The highest BCUT2D eigenvalue weighted by Crippen LogP contribution is 2.29. The predicted molar refractivity (Wildman–Crippen MR) is 68.4 cm³/mol. The van der Waals surface area contributed by atoms with Crippen molar-refractivity contribution in [2.24, 2.45) is 0 Å². The quantitative estimate of drug-likeness (QED) is 0.732. The Labute approximate surface area is 108 Å². The highest BCUT2D eigenvalue weighted by molar-refractivity contribution is 5.78. The van der Waals surface area contributed by atoms with Gasteiger partial charge in [0.1, 0.15) is 0 Å². The molecule has 102 valence electrons. The van der Waals surface area contributed by atoms with Crippen LogP contribution in [-0.4, -0.2) is 73.7 Å². The van der Waals surface area contributed by atoms with Crippen LogP contribution in [0.3, 0.4) is 0 Å². The second kappa shape index (κ2) is 5.55. The van der Waals surface area contributed by atoms with E-state index in [0.29, 0.717) is 24.6 Å². The molecule has 2 saturated heterocycles. The summed E-state index contributed by atoms with van der Waals surface area (Å²) in [6.45, 7) is 5.87. The maximum Gasteiger partial charge on any atom is 0.236 e. The molecule has 5 heteroatoms. The Bertz CT molecular complexity index is 305. The Balaban J connectivity index is 1.56. The number of carbonyl (C=O) groups is 1. The van der Waals surface area contributed by atoms with Gasteiger partial charge in [0, 0.05) is 38.8 Å². The molecule has 0 radical (unpaired) electrons. The third-order valence-corrected chi connectivity index (χ3v) is 4.41. The number of amides is 1. The average Bonchev–Trinajstić information content (AvgIpc) is 2.89. The Morgan fingerprint density at radius 1 is 1.22 bits per heavy atom. The normalized spacial score (nSPS) is 33.4. The van der Waals surface area contributed by atoms with E-state index in [9.17, 15) is 4.79 Å². The van der Waals surface area contributed by atoms with Gasteiger partial charge in [0.25, 0.3) is 0 Å². The van der Waals surface area contributed by atoms with Crippen molar-refractivity contribution in [1.29, 1.82) is 0 Å². The molecule has 3 aliphatic rings. The lowest BCUT2D eigenvalue weighted by Crippen LogP contribution is -2.54. The molecule has 1 N–H and O–H groups in total. The summed E-state index contributed by atoms with van der Waals surface area (Å²) in [4.78, 5) is 16.6. The topological polar surface area (TPSA) is 44.8 Å². The second-order valence-corrected chi connectivity index (χ2v) is 5.51. The van der Waals surface area contributed by atoms with Crippen LogP contribution in [0.4, 0.5) is 0 Å². The van der Waals surface area contributed by atoms with Gasteiger partial charge in [-0.15, -0.1) is 0 Å². The molecular formula is C13H23N3O2. The van der Waals surface area contributed by atoms with E-state index in [2.05, 4.69) is 10.2 Å². The Hall–Kier alpha value is -0.650. The van der Waals surface area contributed by atoms with Gasteiger partial charge in [-0.2, -0.15) is 0 Å². The number of fused-ring (bicyclic) bond motifs is 1. The number of morpholine rings is 1. The Morgan fingerprint density at radius 2 is 2.06 bits per heavy atom. The summed E-state index contributed by atoms with van der Waals surface area (Å²) in [5.41, 5.74) is 0. The first-order valence-corrected chi connectivity index (χ1v) is 7.19. The van der Waals surface area contributed by atoms with E-state index in [1.54, 1.807) is 0 Å².